The van der Waals surface area contributed by atoms with Gasteiger partial charge >= 0.3 is 0 Å². The molecule has 0 amide bonds. The summed E-state index contributed by atoms with van der Waals surface area (Å²) in [4.78, 5) is 12.2. The van der Waals surface area contributed by atoms with E-state index in [2.05, 4.69) is 20.8 Å². The van der Waals surface area contributed by atoms with Crippen LogP contribution >= 0.6 is 0 Å². The average Bonchev–Trinajstić information content (AvgIpc) is 2.39. The summed E-state index contributed by atoms with van der Waals surface area (Å²) in [5, 5.41) is 0. The number of hydrogen-bond donors (Lipinski definition) is 1. The van der Waals surface area contributed by atoms with Crippen molar-refractivity contribution >= 4 is 5.78 Å². The summed E-state index contributed by atoms with van der Waals surface area (Å²) in [5.74, 6) is 2.27. The van der Waals surface area contributed by atoms with Crippen LogP contribution in [0.5, 0.6) is 0 Å². The molecule has 2 nitrogen and oxygen atoms in total. The Labute approximate surface area is 125 Å². The molecule has 2 N–H and O–H groups in total. The Morgan fingerprint density at radius 1 is 1.10 bits per heavy atom. The molecule has 0 aromatic rings. The topological polar surface area (TPSA) is 43.1 Å². The Morgan fingerprint density at radius 2 is 1.75 bits per heavy atom. The highest BCUT2D eigenvalue weighted by atomic mass is 16.1. The highest BCUT2D eigenvalue weighted by Gasteiger charge is 2.22. The lowest BCUT2D eigenvalue weighted by molar-refractivity contribution is -0.121. The fraction of sp³-hybridized carbons (Fsp3) is 0.944. The molecule has 2 heteroatoms. The van der Waals surface area contributed by atoms with Crippen LogP contribution in [0.25, 0.3) is 0 Å². The SMILES string of the molecule is CC(C)CCCC(C)CC(=O)[C@H](N)CC1CCCCC1. The van der Waals surface area contributed by atoms with E-state index in [-0.39, 0.29) is 6.04 Å². The minimum Gasteiger partial charge on any atom is -0.322 e. The zero-order valence-corrected chi connectivity index (χ0v) is 13.9. The molecule has 1 fully saturated rings. The number of nitrogens with two attached hydrogens (primary N) is 1. The van der Waals surface area contributed by atoms with Gasteiger partial charge in [0.1, 0.15) is 5.78 Å². The van der Waals surface area contributed by atoms with Gasteiger partial charge in [0.05, 0.1) is 6.04 Å². The van der Waals surface area contributed by atoms with Crippen molar-refractivity contribution in [1.82, 2.24) is 0 Å². The summed E-state index contributed by atoms with van der Waals surface area (Å²) in [5.41, 5.74) is 6.12. The Bertz CT molecular complexity index is 269. The molecule has 0 spiro atoms. The number of hydrogen-bond acceptors (Lipinski definition) is 2. The molecule has 0 saturated heterocycles. The van der Waals surface area contributed by atoms with Crippen LogP contribution in [0.4, 0.5) is 0 Å². The van der Waals surface area contributed by atoms with Crippen LogP contribution in [0.1, 0.15) is 85.0 Å². The van der Waals surface area contributed by atoms with Gasteiger partial charge in [-0.25, -0.2) is 0 Å². The predicted octanol–water partition coefficient (Wildman–Crippen LogP) is 4.71. The highest BCUT2D eigenvalue weighted by Crippen LogP contribution is 2.27. The third-order valence-electron chi connectivity index (χ3n) is 4.75. The molecule has 0 bridgehead atoms. The summed E-state index contributed by atoms with van der Waals surface area (Å²) in [6.07, 6.45) is 11.9. The van der Waals surface area contributed by atoms with Crippen LogP contribution in [0, 0.1) is 17.8 Å². The number of Topliss-reactive ketones (excluding diaryl/α,β-unsaturated/α-hetero) is 1. The first-order valence-corrected chi connectivity index (χ1v) is 8.77. The van der Waals surface area contributed by atoms with Gasteiger partial charge in [-0.3, -0.25) is 4.79 Å². The van der Waals surface area contributed by atoms with Gasteiger partial charge < -0.3 is 5.73 Å². The molecule has 0 aliphatic heterocycles. The van der Waals surface area contributed by atoms with Crippen molar-refractivity contribution in [2.45, 2.75) is 91.0 Å². The maximum absolute atomic E-state index is 12.2. The van der Waals surface area contributed by atoms with Gasteiger partial charge in [-0.1, -0.05) is 72.1 Å². The molecule has 1 aliphatic carbocycles. The maximum Gasteiger partial charge on any atom is 0.149 e. The Morgan fingerprint density at radius 3 is 2.35 bits per heavy atom. The molecule has 1 unspecified atom stereocenters. The summed E-state index contributed by atoms with van der Waals surface area (Å²) in [6.45, 7) is 6.72. The van der Waals surface area contributed by atoms with Gasteiger partial charge in [-0.05, 0) is 24.2 Å². The standard InChI is InChI=1S/C18H35NO/c1-14(2)8-7-9-15(3)12-18(20)17(19)13-16-10-5-4-6-11-16/h14-17H,4-13,19H2,1-3H3/t15?,17-/m1/s1. The van der Waals surface area contributed by atoms with Crippen LogP contribution in [0.2, 0.25) is 0 Å². The minimum absolute atomic E-state index is 0.203. The number of carbonyl (C=O) groups is 1. The van der Waals surface area contributed by atoms with E-state index in [1.807, 2.05) is 0 Å². The van der Waals surface area contributed by atoms with Crippen molar-refractivity contribution in [3.05, 3.63) is 0 Å². The van der Waals surface area contributed by atoms with Gasteiger partial charge in [-0.2, -0.15) is 0 Å². The summed E-state index contributed by atoms with van der Waals surface area (Å²) in [7, 11) is 0. The largest absolute Gasteiger partial charge is 0.322 e. The fourth-order valence-corrected chi connectivity index (χ4v) is 3.38. The van der Waals surface area contributed by atoms with Crippen LogP contribution in [0.15, 0.2) is 0 Å². The first-order chi connectivity index (χ1) is 9.49. The molecule has 20 heavy (non-hydrogen) atoms. The Hall–Kier alpha value is -0.370. The molecule has 0 radical (unpaired) electrons. The van der Waals surface area contributed by atoms with E-state index >= 15 is 0 Å². The van der Waals surface area contributed by atoms with Crippen molar-refractivity contribution in [2.24, 2.45) is 23.5 Å². The van der Waals surface area contributed by atoms with Crippen LogP contribution in [0.3, 0.4) is 0 Å². The molecule has 1 aliphatic rings. The van der Waals surface area contributed by atoms with Gasteiger partial charge in [-0.15, -0.1) is 0 Å². The molecule has 0 aromatic heterocycles. The van der Waals surface area contributed by atoms with Crippen molar-refractivity contribution in [1.29, 1.82) is 0 Å². The lowest BCUT2D eigenvalue weighted by Crippen LogP contribution is -2.34. The zero-order chi connectivity index (χ0) is 15.0. The molecule has 2 atom stereocenters. The van der Waals surface area contributed by atoms with E-state index in [0.717, 1.165) is 12.3 Å². The van der Waals surface area contributed by atoms with E-state index in [9.17, 15) is 4.79 Å². The maximum atomic E-state index is 12.2. The first kappa shape index (κ1) is 17.7. The Kier molecular flexibility index (Phi) is 8.44. The van der Waals surface area contributed by atoms with E-state index in [1.165, 1.54) is 51.4 Å². The average molecular weight is 281 g/mol. The molecule has 0 aromatic carbocycles. The normalized spacial score (nSPS) is 20.1. The van der Waals surface area contributed by atoms with E-state index in [4.69, 9.17) is 5.73 Å². The van der Waals surface area contributed by atoms with E-state index < -0.39 is 0 Å². The highest BCUT2D eigenvalue weighted by molar-refractivity contribution is 5.83. The van der Waals surface area contributed by atoms with Crippen molar-refractivity contribution in [3.8, 4) is 0 Å². The fourth-order valence-electron chi connectivity index (χ4n) is 3.38. The van der Waals surface area contributed by atoms with Crippen LogP contribution in [-0.4, -0.2) is 11.8 Å². The third-order valence-corrected chi connectivity index (χ3v) is 4.75. The number of carbonyl (C=O) groups excluding carboxylic acids is 1. The second-order valence-corrected chi connectivity index (χ2v) is 7.45. The van der Waals surface area contributed by atoms with Crippen molar-refractivity contribution in [3.63, 3.8) is 0 Å². The summed E-state index contributed by atoms with van der Waals surface area (Å²) in [6, 6.07) is -0.203. The molecule has 0 heterocycles. The molecule has 1 rings (SSSR count). The summed E-state index contributed by atoms with van der Waals surface area (Å²) < 4.78 is 0. The molecular weight excluding hydrogens is 246 g/mol. The van der Waals surface area contributed by atoms with Gasteiger partial charge in [0.25, 0.3) is 0 Å². The predicted molar refractivity (Wildman–Crippen MR) is 86.6 cm³/mol. The van der Waals surface area contributed by atoms with E-state index in [1.54, 1.807) is 0 Å². The first-order valence-electron chi connectivity index (χ1n) is 8.77. The smallest absolute Gasteiger partial charge is 0.149 e. The zero-order valence-electron chi connectivity index (χ0n) is 13.9. The van der Waals surface area contributed by atoms with Gasteiger partial charge in [0.15, 0.2) is 0 Å². The molecule has 118 valence electrons. The monoisotopic (exact) mass is 281 g/mol. The number of rotatable bonds is 9. The second-order valence-electron chi connectivity index (χ2n) is 7.45. The number of ketones is 1. The van der Waals surface area contributed by atoms with Crippen molar-refractivity contribution < 1.29 is 4.79 Å². The second kappa shape index (κ2) is 9.55. The van der Waals surface area contributed by atoms with Crippen LogP contribution < -0.4 is 5.73 Å². The molecule has 1 saturated carbocycles. The lowest BCUT2D eigenvalue weighted by Gasteiger charge is -2.24. The van der Waals surface area contributed by atoms with Gasteiger partial charge in [0.2, 0.25) is 0 Å². The third kappa shape index (κ3) is 7.42. The molecular formula is C18H35NO. The van der Waals surface area contributed by atoms with Crippen molar-refractivity contribution in [2.75, 3.05) is 0 Å². The van der Waals surface area contributed by atoms with Crippen LogP contribution in [-0.2, 0) is 4.79 Å². The van der Waals surface area contributed by atoms with E-state index in [0.29, 0.717) is 24.0 Å². The quantitative estimate of drug-likeness (QED) is 0.665. The minimum atomic E-state index is -0.203. The lowest BCUT2D eigenvalue weighted by atomic mass is 9.83. The van der Waals surface area contributed by atoms with Gasteiger partial charge in [0, 0.05) is 6.42 Å². The summed E-state index contributed by atoms with van der Waals surface area (Å²) >= 11 is 0. The Balaban J connectivity index is 2.19.